The van der Waals surface area contributed by atoms with Gasteiger partial charge in [-0.3, -0.25) is 9.78 Å². The van der Waals surface area contributed by atoms with Crippen molar-refractivity contribution < 1.29 is 18.7 Å². The maximum Gasteiger partial charge on any atom is 0.254 e. The van der Waals surface area contributed by atoms with Gasteiger partial charge in [-0.15, -0.1) is 0 Å². The summed E-state index contributed by atoms with van der Waals surface area (Å²) in [5.74, 6) is -6.28. The number of aromatic nitrogens is 1. The lowest BCUT2D eigenvalue weighted by molar-refractivity contribution is -0.191. The second-order valence-corrected chi connectivity index (χ2v) is 8.50. The quantitative estimate of drug-likeness (QED) is 0.787. The Kier molecular flexibility index (Phi) is 5.14. The van der Waals surface area contributed by atoms with Gasteiger partial charge in [0, 0.05) is 41.6 Å². The average molecular weight is 423 g/mol. The molecule has 0 radical (unpaired) electrons. The Bertz CT molecular complexity index is 1080. The molecule has 0 spiro atoms. The minimum absolute atomic E-state index is 0.413. The summed E-state index contributed by atoms with van der Waals surface area (Å²) in [4.78, 5) is 16.6. The third-order valence-corrected chi connectivity index (χ3v) is 6.64. The Morgan fingerprint density at radius 3 is 2.68 bits per heavy atom. The zero-order valence-corrected chi connectivity index (χ0v) is 17.2. The molecule has 1 aliphatic carbocycles. The molecular formula is C24H23F2N3O2. The van der Waals surface area contributed by atoms with Crippen molar-refractivity contribution >= 4 is 12.0 Å². The van der Waals surface area contributed by atoms with Gasteiger partial charge in [-0.05, 0) is 31.1 Å². The molecule has 2 fully saturated rings. The summed E-state index contributed by atoms with van der Waals surface area (Å²) < 4.78 is 29.3. The Morgan fingerprint density at radius 2 is 2.00 bits per heavy atom. The number of carbonyl (C=O) groups excluding carboxylic acids is 1. The molecule has 2 aromatic rings. The van der Waals surface area contributed by atoms with E-state index in [-0.39, 0.29) is 0 Å². The Morgan fingerprint density at radius 1 is 1.26 bits per heavy atom. The predicted molar refractivity (Wildman–Crippen MR) is 112 cm³/mol. The van der Waals surface area contributed by atoms with Gasteiger partial charge in [0.05, 0.1) is 17.3 Å². The molecule has 4 rings (SSSR count). The lowest BCUT2D eigenvalue weighted by Crippen LogP contribution is -2.57. The van der Waals surface area contributed by atoms with Crippen molar-refractivity contribution in [1.82, 2.24) is 10.3 Å². The third-order valence-electron chi connectivity index (χ3n) is 6.64. The molecule has 1 unspecified atom stereocenters. The highest BCUT2D eigenvalue weighted by atomic mass is 19.3. The van der Waals surface area contributed by atoms with Crippen molar-refractivity contribution in [2.75, 3.05) is 0 Å². The van der Waals surface area contributed by atoms with Crippen LogP contribution in [0.4, 0.5) is 8.78 Å². The van der Waals surface area contributed by atoms with Crippen LogP contribution in [0, 0.1) is 29.1 Å². The number of hydrogen-bond donors (Lipinski definition) is 2. The molecule has 0 bridgehead atoms. The Hall–Kier alpha value is -3.11. The van der Waals surface area contributed by atoms with Crippen LogP contribution in [0.2, 0.25) is 0 Å². The van der Waals surface area contributed by atoms with Crippen LogP contribution in [0.25, 0.3) is 17.2 Å². The normalized spacial score (nSPS) is 31.8. The number of carbonyl (C=O) groups is 1. The van der Waals surface area contributed by atoms with Crippen molar-refractivity contribution in [1.29, 1.82) is 5.26 Å². The summed E-state index contributed by atoms with van der Waals surface area (Å²) >= 11 is 0. The van der Waals surface area contributed by atoms with Crippen molar-refractivity contribution in [2.45, 2.75) is 37.8 Å². The van der Waals surface area contributed by atoms with Gasteiger partial charge < -0.3 is 10.4 Å². The van der Waals surface area contributed by atoms with Crippen molar-refractivity contribution in [3.05, 3.63) is 59.9 Å². The second-order valence-electron chi connectivity index (χ2n) is 8.50. The van der Waals surface area contributed by atoms with E-state index in [4.69, 9.17) is 0 Å². The Labute approximate surface area is 179 Å². The number of nitrogens with zero attached hydrogens (tertiary/aromatic N) is 2. The molecule has 1 aliphatic heterocycles. The average Bonchev–Trinajstić information content (AvgIpc) is 2.96. The number of hydrogen-bond acceptors (Lipinski definition) is 4. The van der Waals surface area contributed by atoms with E-state index in [1.807, 2.05) is 18.2 Å². The van der Waals surface area contributed by atoms with E-state index in [9.17, 15) is 23.9 Å². The van der Waals surface area contributed by atoms with Gasteiger partial charge in [-0.2, -0.15) is 5.26 Å². The number of allylic oxidation sites excluding steroid dienone is 1. The number of nitriles is 1. The first-order chi connectivity index (χ1) is 14.7. The number of benzene rings is 1. The van der Waals surface area contributed by atoms with Crippen LogP contribution >= 0.6 is 0 Å². The van der Waals surface area contributed by atoms with Crippen molar-refractivity contribution in [2.24, 2.45) is 17.8 Å². The van der Waals surface area contributed by atoms with E-state index >= 15 is 0 Å². The van der Waals surface area contributed by atoms with Crippen molar-refractivity contribution in [3.8, 4) is 17.2 Å². The molecule has 2 N–H and O–H groups in total. The SMILES string of the molecule is C[C@H]1NC(=O)[C@]2(O)CC(F)(F)[C@@H](C)[C@H](/C=C/c3ccc(-c4ccccc4C#N)cn3)C12. The first-order valence-electron chi connectivity index (χ1n) is 10.2. The van der Waals surface area contributed by atoms with Gasteiger partial charge in [0.1, 0.15) is 0 Å². The van der Waals surface area contributed by atoms with E-state index in [0.717, 1.165) is 11.1 Å². The lowest BCUT2D eigenvalue weighted by atomic mass is 9.62. The fourth-order valence-electron chi connectivity index (χ4n) is 4.94. The van der Waals surface area contributed by atoms with Crippen LogP contribution in [-0.4, -0.2) is 33.6 Å². The monoisotopic (exact) mass is 423 g/mol. The summed E-state index contributed by atoms with van der Waals surface area (Å²) in [5, 5.41) is 22.7. The summed E-state index contributed by atoms with van der Waals surface area (Å²) in [6.07, 6.45) is 4.06. The largest absolute Gasteiger partial charge is 0.379 e. The summed E-state index contributed by atoms with van der Waals surface area (Å²) in [6, 6.07) is 12.5. The first kappa shape index (κ1) is 21.1. The third kappa shape index (κ3) is 3.51. The van der Waals surface area contributed by atoms with Crippen LogP contribution in [0.5, 0.6) is 0 Å². The molecule has 2 aliphatic rings. The molecule has 1 amide bonds. The van der Waals surface area contributed by atoms with E-state index in [0.29, 0.717) is 11.3 Å². The molecule has 5 nitrogen and oxygen atoms in total. The smallest absolute Gasteiger partial charge is 0.254 e. The number of alkyl halides is 2. The van der Waals surface area contributed by atoms with Gasteiger partial charge >= 0.3 is 0 Å². The topological polar surface area (TPSA) is 86.0 Å². The fraction of sp³-hybridized carbons (Fsp3) is 0.375. The minimum atomic E-state index is -3.17. The molecule has 31 heavy (non-hydrogen) atoms. The highest BCUT2D eigenvalue weighted by molar-refractivity contribution is 5.88. The summed E-state index contributed by atoms with van der Waals surface area (Å²) in [7, 11) is 0. The number of fused-ring (bicyclic) bond motifs is 1. The molecule has 5 atom stereocenters. The first-order valence-corrected chi connectivity index (χ1v) is 10.2. The molecule has 1 saturated heterocycles. The maximum absolute atomic E-state index is 14.7. The maximum atomic E-state index is 14.7. The van der Waals surface area contributed by atoms with Crippen LogP contribution in [0.3, 0.4) is 0 Å². The highest BCUT2D eigenvalue weighted by Crippen LogP contribution is 2.53. The minimum Gasteiger partial charge on any atom is -0.379 e. The zero-order chi connectivity index (χ0) is 22.4. The zero-order valence-electron chi connectivity index (χ0n) is 17.2. The van der Waals surface area contributed by atoms with Gasteiger partial charge in [-0.25, -0.2) is 8.78 Å². The highest BCUT2D eigenvalue weighted by Gasteiger charge is 2.66. The van der Waals surface area contributed by atoms with Gasteiger partial charge in [0.25, 0.3) is 11.8 Å². The number of rotatable bonds is 3. The number of halogens is 2. The molecule has 160 valence electrons. The van der Waals surface area contributed by atoms with E-state index in [1.165, 1.54) is 6.92 Å². The Balaban J connectivity index is 1.62. The number of pyridine rings is 1. The van der Waals surface area contributed by atoms with Crippen LogP contribution < -0.4 is 5.32 Å². The second kappa shape index (κ2) is 7.54. The number of aliphatic hydroxyl groups is 1. The van der Waals surface area contributed by atoms with Gasteiger partial charge in [0.15, 0.2) is 5.60 Å². The molecule has 1 aromatic carbocycles. The molecule has 1 saturated carbocycles. The van der Waals surface area contributed by atoms with Gasteiger partial charge in [0.2, 0.25) is 0 Å². The van der Waals surface area contributed by atoms with E-state index in [2.05, 4.69) is 16.4 Å². The van der Waals surface area contributed by atoms with Gasteiger partial charge in [-0.1, -0.05) is 37.3 Å². The molecular weight excluding hydrogens is 400 g/mol. The van der Waals surface area contributed by atoms with E-state index in [1.54, 1.807) is 43.5 Å². The standard InChI is InChI=1S/C24H23F2N3O2/c1-14-19(21-15(2)29-22(30)23(21,31)13-24(14,25)26)10-9-18-8-7-17(12-28-18)20-6-4-3-5-16(20)11-27/h3-10,12,14-15,19,21,31H,13H2,1-2H3,(H,29,30)/b10-9+/t14-,15+,19-,21?,23-/m0/s1. The number of amides is 1. The predicted octanol–water partition coefficient (Wildman–Crippen LogP) is 3.79. The molecule has 7 heteroatoms. The van der Waals surface area contributed by atoms with E-state index < -0.39 is 47.6 Å². The fourth-order valence-corrected chi connectivity index (χ4v) is 4.94. The lowest BCUT2D eigenvalue weighted by Gasteiger charge is -2.46. The summed E-state index contributed by atoms with van der Waals surface area (Å²) in [6.45, 7) is 3.19. The number of nitrogens with one attached hydrogen (secondary N) is 1. The summed E-state index contributed by atoms with van der Waals surface area (Å²) in [5.41, 5.74) is 0.566. The van der Waals surface area contributed by atoms with Crippen molar-refractivity contribution in [3.63, 3.8) is 0 Å². The van der Waals surface area contributed by atoms with Crippen LogP contribution in [-0.2, 0) is 4.79 Å². The molecule has 2 heterocycles. The van der Waals surface area contributed by atoms with Crippen LogP contribution in [0.1, 0.15) is 31.5 Å². The molecule has 1 aromatic heterocycles. The van der Waals surface area contributed by atoms with Crippen LogP contribution in [0.15, 0.2) is 48.7 Å².